The Morgan fingerprint density at radius 3 is 2.25 bits per heavy atom. The lowest BCUT2D eigenvalue weighted by atomic mass is 9.90. The highest BCUT2D eigenvalue weighted by atomic mass is 32.2. The summed E-state index contributed by atoms with van der Waals surface area (Å²) in [5.41, 5.74) is 1.31. The molecule has 0 fully saturated rings. The summed E-state index contributed by atoms with van der Waals surface area (Å²) in [4.78, 5) is 12.3. The van der Waals surface area contributed by atoms with E-state index in [-0.39, 0.29) is 43.5 Å². The molecule has 9 heteroatoms. The molecular formula is C43H60F2N4O2S. The fraction of sp³-hybridized carbons (Fsp3) is 0.512. The van der Waals surface area contributed by atoms with E-state index in [1.807, 2.05) is 19.1 Å². The number of ether oxygens (including phenoxy) is 1. The van der Waals surface area contributed by atoms with Gasteiger partial charge in [0.25, 0.3) is 0 Å². The summed E-state index contributed by atoms with van der Waals surface area (Å²) in [6.45, 7) is 25.5. The third-order valence-electron chi connectivity index (χ3n) is 9.47. The van der Waals surface area contributed by atoms with Gasteiger partial charge in [0, 0.05) is 33.9 Å². The van der Waals surface area contributed by atoms with Gasteiger partial charge < -0.3 is 15.0 Å². The number of halogens is 2. The number of hydrogen-bond donors (Lipinski definition) is 2. The molecule has 3 rings (SSSR count). The molecule has 0 saturated carbocycles. The van der Waals surface area contributed by atoms with E-state index in [2.05, 4.69) is 78.3 Å². The van der Waals surface area contributed by atoms with Crippen LogP contribution in [0.15, 0.2) is 53.8 Å². The monoisotopic (exact) mass is 734 g/mol. The minimum atomic E-state index is -0.526. The van der Waals surface area contributed by atoms with Crippen molar-refractivity contribution < 1.29 is 18.3 Å². The Bertz CT molecular complexity index is 1860. The summed E-state index contributed by atoms with van der Waals surface area (Å²) < 4.78 is 38.4. The van der Waals surface area contributed by atoms with Crippen LogP contribution in [-0.2, 0) is 9.53 Å². The molecule has 3 unspecified atom stereocenters. The summed E-state index contributed by atoms with van der Waals surface area (Å²) >= 11 is 0.900. The lowest BCUT2D eigenvalue weighted by Gasteiger charge is -2.38. The Kier molecular flexibility index (Phi) is 18.4. The summed E-state index contributed by atoms with van der Waals surface area (Å²) in [6.07, 6.45) is 9.17. The number of anilines is 1. The molecule has 1 heterocycles. The lowest BCUT2D eigenvalue weighted by molar-refractivity contribution is -0.112. The Morgan fingerprint density at radius 1 is 1.06 bits per heavy atom. The van der Waals surface area contributed by atoms with E-state index in [4.69, 9.17) is 10.1 Å². The fourth-order valence-corrected chi connectivity index (χ4v) is 7.31. The van der Waals surface area contributed by atoms with Gasteiger partial charge in [0.1, 0.15) is 16.9 Å². The van der Waals surface area contributed by atoms with Crippen LogP contribution in [0.2, 0.25) is 0 Å². The van der Waals surface area contributed by atoms with Gasteiger partial charge in [-0.25, -0.2) is 8.78 Å². The number of ketones is 1. The van der Waals surface area contributed by atoms with Gasteiger partial charge >= 0.3 is 0 Å². The summed E-state index contributed by atoms with van der Waals surface area (Å²) in [7, 11) is 0. The molecule has 1 aliphatic heterocycles. The van der Waals surface area contributed by atoms with Gasteiger partial charge in [0.2, 0.25) is 0 Å². The Hall–Kier alpha value is -3.90. The van der Waals surface area contributed by atoms with Crippen molar-refractivity contribution in [2.75, 3.05) is 18.5 Å². The highest BCUT2D eigenvalue weighted by molar-refractivity contribution is 8.15. The van der Waals surface area contributed by atoms with Crippen LogP contribution < -0.4 is 15.8 Å². The van der Waals surface area contributed by atoms with Crippen LogP contribution in [0.5, 0.6) is 0 Å². The highest BCUT2D eigenvalue weighted by Crippen LogP contribution is 2.30. The van der Waals surface area contributed by atoms with E-state index in [1.165, 1.54) is 25.1 Å². The van der Waals surface area contributed by atoms with E-state index in [1.54, 1.807) is 6.07 Å². The van der Waals surface area contributed by atoms with Gasteiger partial charge in [-0.2, -0.15) is 5.26 Å². The van der Waals surface area contributed by atoms with Crippen molar-refractivity contribution in [3.05, 3.63) is 81.4 Å². The molecule has 2 N–H and O–H groups in total. The van der Waals surface area contributed by atoms with Crippen molar-refractivity contribution in [2.45, 2.75) is 119 Å². The van der Waals surface area contributed by atoms with Gasteiger partial charge in [0.05, 0.1) is 22.8 Å². The first-order valence-electron chi connectivity index (χ1n) is 18.7. The van der Waals surface area contributed by atoms with Crippen molar-refractivity contribution >= 4 is 39.5 Å². The number of hydrogen-bond acceptors (Lipinski definition) is 7. The molecule has 2 aromatic carbocycles. The molecular weight excluding hydrogens is 675 g/mol. The number of benzene rings is 2. The molecule has 3 atom stereocenters. The van der Waals surface area contributed by atoms with Crippen LogP contribution >= 0.6 is 11.8 Å². The van der Waals surface area contributed by atoms with E-state index in [0.29, 0.717) is 41.9 Å². The minimum Gasteiger partial charge on any atom is -0.479 e. The Morgan fingerprint density at radius 2 is 1.71 bits per heavy atom. The van der Waals surface area contributed by atoms with Crippen LogP contribution in [0.4, 0.5) is 14.5 Å². The zero-order chi connectivity index (χ0) is 39.1. The third kappa shape index (κ3) is 11.6. The molecule has 1 aliphatic rings. The number of allylic oxidation sites excluding steroid dienone is 2. The number of rotatable bonds is 17. The zero-order valence-corrected chi connectivity index (χ0v) is 33.8. The third-order valence-corrected chi connectivity index (χ3v) is 10.5. The predicted molar refractivity (Wildman–Crippen MR) is 214 cm³/mol. The van der Waals surface area contributed by atoms with Crippen LogP contribution in [0.3, 0.4) is 0 Å². The topological polar surface area (TPSA) is 89.2 Å². The molecule has 0 bridgehead atoms. The van der Waals surface area contributed by atoms with E-state index in [9.17, 15) is 14.4 Å². The lowest BCUT2D eigenvalue weighted by Crippen LogP contribution is -2.40. The predicted octanol–water partition coefficient (Wildman–Crippen LogP) is 10.2. The second-order valence-electron chi connectivity index (χ2n) is 14.0. The summed E-state index contributed by atoms with van der Waals surface area (Å²) in [5.74, 6) is 0.837. The second kappa shape index (κ2) is 21.6. The van der Waals surface area contributed by atoms with Gasteiger partial charge in [-0.1, -0.05) is 97.8 Å². The quantitative estimate of drug-likeness (QED) is 0.124. The van der Waals surface area contributed by atoms with Crippen LogP contribution in [0.1, 0.15) is 108 Å². The Balaban J connectivity index is 0.00000175. The molecule has 284 valence electrons. The molecule has 0 spiro atoms. The number of nitrogens with one attached hydrogen (secondary N) is 2. The SMILES string of the molecule is C=CC(C)=O.CC/C=C(/Nc1c(F)/c(=c2/ccc(F)c3c2=C(C#N)C(=N)S3)cc/c1=C(/C)N(CC)C(CCC(C)C)C(C)CC)OCC(C)CCC. The van der Waals surface area contributed by atoms with Crippen molar-refractivity contribution in [1.82, 2.24) is 4.90 Å². The first kappa shape index (κ1) is 44.3. The number of nitriles is 1. The molecule has 2 aromatic rings. The maximum atomic E-state index is 17.2. The molecule has 0 amide bonds. The summed E-state index contributed by atoms with van der Waals surface area (Å²) in [6, 6.07) is 8.79. The van der Waals surface area contributed by atoms with Crippen molar-refractivity contribution in [1.29, 1.82) is 10.7 Å². The van der Waals surface area contributed by atoms with Crippen molar-refractivity contribution in [3.8, 4) is 6.07 Å². The molecule has 0 radical (unpaired) electrons. The fourth-order valence-electron chi connectivity index (χ4n) is 6.37. The standard InChI is InChI=1S/C39H54F2N4OS.C4H6O/c1-10-14-25(7)23-46-34(15-11-2)44-37-28(27(9)45(13-4)33(26(8)12-3)21-16-24(5)6)17-18-30(36(37)41)29-19-20-32(40)38-35(29)31(22-42)39(43)47-38;1-3-4(2)5/h15,17-20,24-26,33,43-44H,10-14,16,21,23H2,1-9H3;3H,1H2,2H3/b28-27+,30-29-,34-15-,43-39?;. The summed E-state index contributed by atoms with van der Waals surface area (Å²) in [5, 5.41) is 23.1. The van der Waals surface area contributed by atoms with Crippen molar-refractivity contribution in [2.24, 2.45) is 17.8 Å². The largest absolute Gasteiger partial charge is 0.479 e. The molecule has 0 aromatic heterocycles. The van der Waals surface area contributed by atoms with Crippen molar-refractivity contribution in [3.63, 3.8) is 0 Å². The minimum absolute atomic E-state index is 0.0185. The highest BCUT2D eigenvalue weighted by Gasteiger charge is 2.26. The molecule has 0 saturated heterocycles. The van der Waals surface area contributed by atoms with Gasteiger partial charge in [-0.05, 0) is 87.6 Å². The average molecular weight is 735 g/mol. The number of carbonyl (C=O) groups excluding carboxylic acids is 1. The number of fused-ring (bicyclic) bond motifs is 1. The number of carbonyl (C=O) groups is 1. The van der Waals surface area contributed by atoms with Gasteiger partial charge in [-0.15, -0.1) is 0 Å². The first-order chi connectivity index (χ1) is 24.7. The molecule has 6 nitrogen and oxygen atoms in total. The maximum absolute atomic E-state index is 17.2. The van der Waals surface area contributed by atoms with Crippen LogP contribution in [0, 0.1) is 56.6 Å². The maximum Gasteiger partial charge on any atom is 0.187 e. The Labute approximate surface area is 314 Å². The number of nitrogens with zero attached hydrogens (tertiary/aromatic N) is 2. The molecule has 0 aliphatic carbocycles. The van der Waals surface area contributed by atoms with E-state index in [0.717, 1.165) is 61.3 Å². The van der Waals surface area contributed by atoms with Gasteiger partial charge in [0.15, 0.2) is 17.5 Å². The smallest absolute Gasteiger partial charge is 0.187 e. The average Bonchev–Trinajstić information content (AvgIpc) is 3.46. The van der Waals surface area contributed by atoms with E-state index >= 15 is 4.39 Å². The zero-order valence-electron chi connectivity index (χ0n) is 33.0. The normalized spacial score (nSPS) is 15.5. The first-order valence-corrected chi connectivity index (χ1v) is 19.5. The van der Waals surface area contributed by atoms with Gasteiger partial charge in [-0.3, -0.25) is 10.2 Å². The van der Waals surface area contributed by atoms with E-state index < -0.39 is 11.6 Å². The molecule has 52 heavy (non-hydrogen) atoms. The van der Waals surface area contributed by atoms with Crippen LogP contribution in [-0.4, -0.2) is 34.9 Å². The second-order valence-corrected chi connectivity index (χ2v) is 15.0. The number of thioether (sulfide) groups is 1. The van der Waals surface area contributed by atoms with Crippen LogP contribution in [0.25, 0.3) is 11.3 Å².